The van der Waals surface area contributed by atoms with E-state index in [1.165, 1.54) is 0 Å². The summed E-state index contributed by atoms with van der Waals surface area (Å²) in [6, 6.07) is 13.8. The Morgan fingerprint density at radius 1 is 0.940 bits per heavy atom. The maximum Gasteiger partial charge on any atom is 0.243 e. The van der Waals surface area contributed by atoms with Crippen LogP contribution in [0.5, 0.6) is 5.75 Å². The number of carbonyl (C=O) groups is 4. The summed E-state index contributed by atoms with van der Waals surface area (Å²) >= 11 is 0. The first-order valence-corrected chi connectivity index (χ1v) is 18.8. The summed E-state index contributed by atoms with van der Waals surface area (Å²) in [6.07, 6.45) is 8.99. The van der Waals surface area contributed by atoms with Crippen molar-refractivity contribution < 1.29 is 28.7 Å². The Labute approximate surface area is 296 Å². The number of fused-ring (bicyclic) bond motifs is 4. The van der Waals surface area contributed by atoms with Crippen molar-refractivity contribution in [3.05, 3.63) is 65.2 Å². The summed E-state index contributed by atoms with van der Waals surface area (Å²) < 4.78 is 11.7. The van der Waals surface area contributed by atoms with E-state index < -0.39 is 18.0 Å². The van der Waals surface area contributed by atoms with Crippen molar-refractivity contribution in [2.45, 2.75) is 103 Å². The SMILES string of the molecule is Cc1ccc2cc1CNC(=O)[C@H](CCc1ccccc1)NC(=O)[C@@H](NC(=O)C1CCC3(CCOCC3)CC1)CC(=O)N1CCCC(CCO2)C1. The Morgan fingerprint density at radius 2 is 1.72 bits per heavy atom. The Bertz CT molecular complexity index is 1480. The molecule has 3 heterocycles. The Hall–Kier alpha value is -3.92. The van der Waals surface area contributed by atoms with Crippen LogP contribution in [0.25, 0.3) is 0 Å². The van der Waals surface area contributed by atoms with Crippen molar-refractivity contribution in [1.29, 1.82) is 0 Å². The van der Waals surface area contributed by atoms with Gasteiger partial charge < -0.3 is 30.3 Å². The molecule has 1 saturated carbocycles. The lowest BCUT2D eigenvalue weighted by atomic mass is 9.66. The van der Waals surface area contributed by atoms with Crippen LogP contribution in [0.1, 0.15) is 87.3 Å². The molecule has 4 amide bonds. The molecule has 3 N–H and O–H groups in total. The monoisotopic (exact) mass is 686 g/mol. The third kappa shape index (κ3) is 9.44. The second kappa shape index (κ2) is 16.9. The average Bonchev–Trinajstić information content (AvgIpc) is 3.13. The van der Waals surface area contributed by atoms with Crippen LogP contribution < -0.4 is 20.7 Å². The van der Waals surface area contributed by atoms with E-state index in [1.807, 2.05) is 60.4 Å². The van der Waals surface area contributed by atoms with E-state index in [4.69, 9.17) is 9.47 Å². The molecule has 0 aromatic heterocycles. The molecule has 10 nitrogen and oxygen atoms in total. The Kier molecular flexibility index (Phi) is 12.1. The maximum atomic E-state index is 14.1. The number of benzene rings is 2. The summed E-state index contributed by atoms with van der Waals surface area (Å²) in [4.78, 5) is 57.3. The van der Waals surface area contributed by atoms with Crippen molar-refractivity contribution in [3.8, 4) is 5.75 Å². The van der Waals surface area contributed by atoms with Gasteiger partial charge in [0.2, 0.25) is 23.6 Å². The minimum atomic E-state index is -1.08. The minimum Gasteiger partial charge on any atom is -0.494 e. The third-order valence-corrected chi connectivity index (χ3v) is 11.6. The number of ether oxygens (including phenoxy) is 2. The van der Waals surface area contributed by atoms with Gasteiger partial charge in [-0.1, -0.05) is 36.4 Å². The molecule has 6 rings (SSSR count). The highest BCUT2D eigenvalue weighted by molar-refractivity contribution is 5.95. The molecular formula is C40H54N4O6. The second-order valence-corrected chi connectivity index (χ2v) is 15.0. The summed E-state index contributed by atoms with van der Waals surface area (Å²) in [6.45, 7) is 5.58. The minimum absolute atomic E-state index is 0.147. The average molecular weight is 687 g/mol. The van der Waals surface area contributed by atoms with Crippen LogP contribution in [0.2, 0.25) is 0 Å². The summed E-state index contributed by atoms with van der Waals surface area (Å²) in [5.74, 6) is -0.331. The van der Waals surface area contributed by atoms with Crippen molar-refractivity contribution in [3.63, 3.8) is 0 Å². The molecule has 1 aliphatic carbocycles. The molecular weight excluding hydrogens is 632 g/mol. The molecule has 3 atom stereocenters. The molecule has 3 aliphatic heterocycles. The molecule has 270 valence electrons. The molecule has 1 spiro atoms. The van der Waals surface area contributed by atoms with Crippen molar-refractivity contribution >= 4 is 23.6 Å². The van der Waals surface area contributed by atoms with E-state index in [-0.39, 0.29) is 42.0 Å². The lowest BCUT2D eigenvalue weighted by molar-refractivity contribution is -0.139. The van der Waals surface area contributed by atoms with Gasteiger partial charge in [-0.2, -0.15) is 0 Å². The molecule has 10 heteroatoms. The number of nitrogens with zero attached hydrogens (tertiary/aromatic N) is 1. The van der Waals surface area contributed by atoms with E-state index >= 15 is 0 Å². The van der Waals surface area contributed by atoms with E-state index in [2.05, 4.69) is 16.0 Å². The van der Waals surface area contributed by atoms with Gasteiger partial charge in [0.05, 0.1) is 13.0 Å². The van der Waals surface area contributed by atoms with Gasteiger partial charge in [0.1, 0.15) is 17.8 Å². The van der Waals surface area contributed by atoms with Gasteiger partial charge in [-0.3, -0.25) is 19.2 Å². The molecule has 1 unspecified atom stereocenters. The van der Waals surface area contributed by atoms with Crippen LogP contribution in [-0.4, -0.2) is 73.5 Å². The van der Waals surface area contributed by atoms with E-state index in [0.717, 1.165) is 93.4 Å². The van der Waals surface area contributed by atoms with Crippen LogP contribution in [0.4, 0.5) is 0 Å². The van der Waals surface area contributed by atoms with Crippen molar-refractivity contribution in [2.75, 3.05) is 32.9 Å². The van der Waals surface area contributed by atoms with Gasteiger partial charge in [-0.25, -0.2) is 0 Å². The van der Waals surface area contributed by atoms with Gasteiger partial charge >= 0.3 is 0 Å². The molecule has 3 fully saturated rings. The lowest BCUT2D eigenvalue weighted by Crippen LogP contribution is -2.56. The zero-order valence-electron chi connectivity index (χ0n) is 29.6. The van der Waals surface area contributed by atoms with Crippen LogP contribution >= 0.6 is 0 Å². The first kappa shape index (κ1) is 35.9. The largest absolute Gasteiger partial charge is 0.494 e. The maximum absolute atomic E-state index is 14.1. The number of hydrogen-bond acceptors (Lipinski definition) is 6. The quantitative estimate of drug-likeness (QED) is 0.422. The Balaban J connectivity index is 1.22. The number of aryl methyl sites for hydroxylation is 2. The Morgan fingerprint density at radius 3 is 2.50 bits per heavy atom. The van der Waals surface area contributed by atoms with Gasteiger partial charge in [0.15, 0.2) is 0 Å². The van der Waals surface area contributed by atoms with E-state index in [1.54, 1.807) is 0 Å². The zero-order valence-corrected chi connectivity index (χ0v) is 29.6. The smallest absolute Gasteiger partial charge is 0.243 e. The highest BCUT2D eigenvalue weighted by Crippen LogP contribution is 2.46. The van der Waals surface area contributed by atoms with E-state index in [0.29, 0.717) is 38.5 Å². The molecule has 0 radical (unpaired) electrons. The van der Waals surface area contributed by atoms with Crippen molar-refractivity contribution in [2.24, 2.45) is 17.3 Å². The lowest BCUT2D eigenvalue weighted by Gasteiger charge is -2.42. The summed E-state index contributed by atoms with van der Waals surface area (Å²) in [5.41, 5.74) is 3.28. The van der Waals surface area contributed by atoms with Crippen LogP contribution in [0, 0.1) is 24.2 Å². The molecule has 50 heavy (non-hydrogen) atoms. The van der Waals surface area contributed by atoms with Crippen LogP contribution in [0.15, 0.2) is 48.5 Å². The topological polar surface area (TPSA) is 126 Å². The summed E-state index contributed by atoms with van der Waals surface area (Å²) in [5, 5.41) is 9.01. The van der Waals surface area contributed by atoms with E-state index in [9.17, 15) is 19.2 Å². The standard InChI is InChI=1S/C40H54N4O6/c1-28-9-11-33-24-32(28)26-41-38(47)34(12-10-29-6-3-2-4-7-29)42-39(48)35(25-36(45)44-20-5-8-30(27-44)15-21-50-33)43-37(46)31-13-16-40(17-14-31)18-22-49-23-19-40/h2-4,6-7,9,11,24,30-31,34-35H,5,8,10,12-23,25-27H2,1H3,(H,41,47)(H,42,48)(H,43,46)/t30?,34-,35-/m0/s1. The number of rotatable bonds is 5. The first-order chi connectivity index (χ1) is 24.3. The molecule has 2 saturated heterocycles. The number of nitrogens with one attached hydrogen (secondary N) is 3. The van der Waals surface area contributed by atoms with Crippen LogP contribution in [-0.2, 0) is 36.9 Å². The fourth-order valence-electron chi connectivity index (χ4n) is 8.20. The number of carbonyl (C=O) groups excluding carboxylic acids is 4. The fourth-order valence-corrected chi connectivity index (χ4v) is 8.20. The molecule has 2 aromatic carbocycles. The fraction of sp³-hybridized carbons (Fsp3) is 0.600. The van der Waals surface area contributed by atoms with Gasteiger partial charge in [-0.05, 0) is 118 Å². The van der Waals surface area contributed by atoms with Gasteiger partial charge in [-0.15, -0.1) is 0 Å². The predicted molar refractivity (Wildman–Crippen MR) is 190 cm³/mol. The van der Waals surface area contributed by atoms with Gasteiger partial charge in [0.25, 0.3) is 0 Å². The predicted octanol–water partition coefficient (Wildman–Crippen LogP) is 4.61. The summed E-state index contributed by atoms with van der Waals surface area (Å²) in [7, 11) is 0. The van der Waals surface area contributed by atoms with Gasteiger partial charge in [0, 0.05) is 38.8 Å². The number of amides is 4. The second-order valence-electron chi connectivity index (χ2n) is 15.0. The number of hydrogen-bond donors (Lipinski definition) is 3. The normalized spacial score (nSPS) is 25.4. The molecule has 4 aliphatic rings. The molecule has 4 bridgehead atoms. The number of piperidine rings is 1. The third-order valence-electron chi connectivity index (χ3n) is 11.6. The highest BCUT2D eigenvalue weighted by Gasteiger charge is 2.40. The van der Waals surface area contributed by atoms with Crippen LogP contribution in [0.3, 0.4) is 0 Å². The van der Waals surface area contributed by atoms with Crippen molar-refractivity contribution in [1.82, 2.24) is 20.9 Å². The first-order valence-electron chi connectivity index (χ1n) is 18.8. The highest BCUT2D eigenvalue weighted by atomic mass is 16.5. The zero-order chi connectivity index (χ0) is 34.9. The molecule has 2 aromatic rings.